The molecule has 0 atom stereocenters. The van der Waals surface area contributed by atoms with E-state index in [9.17, 15) is 9.18 Å². The molecule has 2 rings (SSSR count). The van der Waals surface area contributed by atoms with Crippen molar-refractivity contribution in [2.45, 2.75) is 13.5 Å². The van der Waals surface area contributed by atoms with Gasteiger partial charge in [-0.25, -0.2) is 9.18 Å². The maximum atomic E-state index is 12.2. The van der Waals surface area contributed by atoms with Crippen LogP contribution in [0.15, 0.2) is 53.7 Å². The number of alkyl halides is 1. The minimum Gasteiger partial charge on any atom is -0.489 e. The quantitative estimate of drug-likeness (QED) is 0.443. The Kier molecular flexibility index (Phi) is 6.31. The molecule has 2 aromatic rings. The fourth-order valence-electron chi connectivity index (χ4n) is 2.13. The van der Waals surface area contributed by atoms with Crippen molar-refractivity contribution in [2.24, 2.45) is 5.16 Å². The van der Waals surface area contributed by atoms with Gasteiger partial charge in [-0.1, -0.05) is 47.6 Å². The number of benzene rings is 2. The monoisotopic (exact) mass is 331 g/mol. The molecule has 0 heterocycles. The van der Waals surface area contributed by atoms with Crippen LogP contribution in [0.3, 0.4) is 0 Å². The van der Waals surface area contributed by atoms with Gasteiger partial charge in [-0.15, -0.1) is 0 Å². The summed E-state index contributed by atoms with van der Waals surface area (Å²) in [6.45, 7) is 1.02. The van der Waals surface area contributed by atoms with Gasteiger partial charge >= 0.3 is 5.97 Å². The summed E-state index contributed by atoms with van der Waals surface area (Å²) in [6, 6.07) is 14.6. The maximum Gasteiger partial charge on any atom is 0.360 e. The lowest BCUT2D eigenvalue weighted by Gasteiger charge is -2.13. The van der Waals surface area contributed by atoms with Crippen LogP contribution in [0.4, 0.5) is 4.39 Å². The van der Waals surface area contributed by atoms with Crippen LogP contribution in [-0.2, 0) is 21.0 Å². The number of hydrogen-bond donors (Lipinski definition) is 0. The summed E-state index contributed by atoms with van der Waals surface area (Å²) in [5, 5.41) is 3.53. The summed E-state index contributed by atoms with van der Waals surface area (Å²) in [5.74, 6) is 0.0238. The molecular formula is C18H18FNO4. The molecule has 0 saturated heterocycles. The molecule has 6 heteroatoms. The lowest BCUT2D eigenvalue weighted by atomic mass is 10.0. The molecule has 5 nitrogen and oxygen atoms in total. The van der Waals surface area contributed by atoms with Crippen LogP contribution in [0, 0.1) is 6.92 Å². The van der Waals surface area contributed by atoms with E-state index < -0.39 is 12.8 Å². The Balaban J connectivity index is 2.28. The molecule has 0 unspecified atom stereocenters. The van der Waals surface area contributed by atoms with Gasteiger partial charge in [-0.05, 0) is 24.1 Å². The lowest BCUT2D eigenvalue weighted by molar-refractivity contribution is -0.132. The minimum absolute atomic E-state index is 0.112. The van der Waals surface area contributed by atoms with E-state index in [1.807, 2.05) is 37.3 Å². The van der Waals surface area contributed by atoms with Gasteiger partial charge in [0, 0.05) is 5.56 Å². The Hall–Kier alpha value is -2.89. The summed E-state index contributed by atoms with van der Waals surface area (Å²) < 4.78 is 22.7. The molecule has 0 radical (unpaired) electrons. The van der Waals surface area contributed by atoms with Gasteiger partial charge in [-0.3, -0.25) is 0 Å². The summed E-state index contributed by atoms with van der Waals surface area (Å²) in [6.07, 6.45) is 0. The average Bonchev–Trinajstić information content (AvgIpc) is 2.62. The molecule has 0 N–H and O–H groups in total. The number of rotatable bonds is 7. The molecule has 0 bridgehead atoms. The fourth-order valence-corrected chi connectivity index (χ4v) is 2.13. The number of oxime groups is 1. The number of hydrogen-bond acceptors (Lipinski definition) is 5. The molecule has 0 aliphatic carbocycles. The zero-order valence-corrected chi connectivity index (χ0v) is 13.5. The maximum absolute atomic E-state index is 12.2. The van der Waals surface area contributed by atoms with Crippen molar-refractivity contribution in [3.8, 4) is 5.75 Å². The van der Waals surface area contributed by atoms with Gasteiger partial charge in [0.1, 0.15) is 12.4 Å². The first-order valence-corrected chi connectivity index (χ1v) is 7.28. The van der Waals surface area contributed by atoms with Gasteiger partial charge in [0.25, 0.3) is 6.86 Å². The molecule has 0 spiro atoms. The summed E-state index contributed by atoms with van der Waals surface area (Å²) in [7, 11) is 1.22. The van der Waals surface area contributed by atoms with Crippen molar-refractivity contribution in [1.82, 2.24) is 0 Å². The van der Waals surface area contributed by atoms with Crippen LogP contribution in [0.2, 0.25) is 0 Å². The predicted molar refractivity (Wildman–Crippen MR) is 87.6 cm³/mol. The highest BCUT2D eigenvalue weighted by Gasteiger charge is 2.19. The van der Waals surface area contributed by atoms with Crippen LogP contribution in [0.25, 0.3) is 0 Å². The normalized spacial score (nSPS) is 11.0. The third-order valence-corrected chi connectivity index (χ3v) is 3.33. The van der Waals surface area contributed by atoms with E-state index in [2.05, 4.69) is 14.7 Å². The van der Waals surface area contributed by atoms with E-state index in [-0.39, 0.29) is 12.3 Å². The van der Waals surface area contributed by atoms with E-state index >= 15 is 0 Å². The molecule has 126 valence electrons. The third-order valence-electron chi connectivity index (χ3n) is 3.33. The topological polar surface area (TPSA) is 57.1 Å². The smallest absolute Gasteiger partial charge is 0.360 e. The number of para-hydroxylation sites is 1. The highest BCUT2D eigenvalue weighted by atomic mass is 19.1. The van der Waals surface area contributed by atoms with E-state index in [4.69, 9.17) is 4.74 Å². The van der Waals surface area contributed by atoms with E-state index in [1.165, 1.54) is 7.11 Å². The first kappa shape index (κ1) is 17.5. The van der Waals surface area contributed by atoms with Crippen LogP contribution < -0.4 is 4.74 Å². The summed E-state index contributed by atoms with van der Waals surface area (Å²) in [4.78, 5) is 16.3. The zero-order valence-electron chi connectivity index (χ0n) is 13.5. The standard InChI is InChI=1S/C18H18FNO4/c1-13-7-3-6-10-16(13)23-11-14-8-4-5-9-15(14)17(18(21)22-2)20-24-12-19/h3-10H,11-12H2,1-2H3. The van der Waals surface area contributed by atoms with Crippen molar-refractivity contribution < 1.29 is 23.5 Å². The van der Waals surface area contributed by atoms with Gasteiger partial charge < -0.3 is 14.3 Å². The minimum atomic E-state index is -1.14. The first-order chi connectivity index (χ1) is 11.7. The van der Waals surface area contributed by atoms with E-state index in [0.29, 0.717) is 11.1 Å². The second kappa shape index (κ2) is 8.67. The van der Waals surface area contributed by atoms with Crippen molar-refractivity contribution in [3.63, 3.8) is 0 Å². The van der Waals surface area contributed by atoms with E-state index in [0.717, 1.165) is 11.3 Å². The van der Waals surface area contributed by atoms with Gasteiger partial charge in [-0.2, -0.15) is 0 Å². The number of aryl methyl sites for hydroxylation is 1. The Morgan fingerprint density at radius 1 is 1.12 bits per heavy atom. The molecular weight excluding hydrogens is 313 g/mol. The largest absolute Gasteiger partial charge is 0.489 e. The second-order valence-corrected chi connectivity index (χ2v) is 4.88. The second-order valence-electron chi connectivity index (χ2n) is 4.88. The Morgan fingerprint density at radius 3 is 2.54 bits per heavy atom. The Bertz CT molecular complexity index is 730. The highest BCUT2D eigenvalue weighted by molar-refractivity contribution is 6.43. The molecule has 0 fully saturated rings. The molecule has 0 aliphatic rings. The van der Waals surface area contributed by atoms with Gasteiger partial charge in [0.05, 0.1) is 7.11 Å². The van der Waals surface area contributed by atoms with Crippen molar-refractivity contribution in [1.29, 1.82) is 0 Å². The molecule has 0 saturated carbocycles. The van der Waals surface area contributed by atoms with Crippen LogP contribution >= 0.6 is 0 Å². The van der Waals surface area contributed by atoms with Crippen LogP contribution in [0.1, 0.15) is 16.7 Å². The number of halogens is 1. The number of carbonyl (C=O) groups excluding carboxylic acids is 1. The third kappa shape index (κ3) is 4.32. The zero-order chi connectivity index (χ0) is 17.4. The predicted octanol–water partition coefficient (Wildman–Crippen LogP) is 3.39. The first-order valence-electron chi connectivity index (χ1n) is 7.28. The van der Waals surface area contributed by atoms with Gasteiger partial charge in [0.2, 0.25) is 0 Å². The SMILES string of the molecule is COC(=O)C(=NOCF)c1ccccc1COc1ccccc1C. The summed E-state index contributed by atoms with van der Waals surface area (Å²) in [5.41, 5.74) is 2.05. The van der Waals surface area contributed by atoms with Gasteiger partial charge in [0.15, 0.2) is 5.71 Å². The Labute approximate surface area is 139 Å². The number of ether oxygens (including phenoxy) is 2. The highest BCUT2D eigenvalue weighted by Crippen LogP contribution is 2.20. The number of carbonyl (C=O) groups is 1. The molecule has 24 heavy (non-hydrogen) atoms. The molecule has 0 amide bonds. The van der Waals surface area contributed by atoms with Crippen molar-refractivity contribution >= 4 is 11.7 Å². The number of methoxy groups -OCH3 is 1. The van der Waals surface area contributed by atoms with Crippen LogP contribution in [-0.4, -0.2) is 25.7 Å². The Morgan fingerprint density at radius 2 is 1.83 bits per heavy atom. The molecule has 0 aromatic heterocycles. The lowest BCUT2D eigenvalue weighted by Crippen LogP contribution is -2.20. The number of esters is 1. The average molecular weight is 331 g/mol. The summed E-state index contributed by atoms with van der Waals surface area (Å²) >= 11 is 0. The molecule has 2 aromatic carbocycles. The number of nitrogens with zero attached hydrogens (tertiary/aromatic N) is 1. The fraction of sp³-hybridized carbons (Fsp3) is 0.222. The molecule has 0 aliphatic heterocycles. The van der Waals surface area contributed by atoms with E-state index in [1.54, 1.807) is 18.2 Å². The van der Waals surface area contributed by atoms with Crippen molar-refractivity contribution in [3.05, 3.63) is 65.2 Å². The van der Waals surface area contributed by atoms with Crippen molar-refractivity contribution in [2.75, 3.05) is 14.0 Å². The van der Waals surface area contributed by atoms with Crippen LogP contribution in [0.5, 0.6) is 5.75 Å².